The van der Waals surface area contributed by atoms with Crippen molar-refractivity contribution in [3.05, 3.63) is 113 Å². The number of hydrogen-bond donors (Lipinski definition) is 0. The summed E-state index contributed by atoms with van der Waals surface area (Å²) < 4.78 is 25.0. The zero-order valence-corrected chi connectivity index (χ0v) is 29.7. The number of fused-ring (bicyclic) bond motifs is 1. The van der Waals surface area contributed by atoms with Crippen molar-refractivity contribution >= 4 is 52.3 Å². The van der Waals surface area contributed by atoms with Gasteiger partial charge in [-0.05, 0) is 75.7 Å². The number of esters is 1. The van der Waals surface area contributed by atoms with E-state index in [1.807, 2.05) is 44.2 Å². The van der Waals surface area contributed by atoms with Crippen LogP contribution in [0.4, 0.5) is 5.69 Å². The van der Waals surface area contributed by atoms with Crippen molar-refractivity contribution in [3.8, 4) is 17.2 Å². The van der Waals surface area contributed by atoms with Crippen molar-refractivity contribution in [1.29, 1.82) is 0 Å². The number of ether oxygens (including phenoxy) is 4. The SMILES string of the molecule is CCOc1ccc([C@H]2C(C(=O)OC)=CN=c3s/c(=C/c4ccc(N(CC)CC)cc4OCc4ccc(Cl)cc4Cl)c(=O)n32)cc1OCC. The minimum atomic E-state index is -0.807. The summed E-state index contributed by atoms with van der Waals surface area (Å²) in [5, 5.41) is 1.04. The minimum absolute atomic E-state index is 0.197. The molecule has 252 valence electrons. The number of aromatic nitrogens is 1. The van der Waals surface area contributed by atoms with Gasteiger partial charge in [-0.15, -0.1) is 0 Å². The topological polar surface area (TPSA) is 91.6 Å². The van der Waals surface area contributed by atoms with Gasteiger partial charge in [-0.1, -0.05) is 46.7 Å². The number of carbonyl (C=O) groups excluding carboxylic acids is 1. The van der Waals surface area contributed by atoms with Crippen molar-refractivity contribution in [2.24, 2.45) is 4.99 Å². The summed E-state index contributed by atoms with van der Waals surface area (Å²) in [5.74, 6) is 1.07. The molecule has 9 nitrogen and oxygen atoms in total. The van der Waals surface area contributed by atoms with Crippen molar-refractivity contribution in [3.63, 3.8) is 0 Å². The fourth-order valence-electron chi connectivity index (χ4n) is 5.48. The smallest absolute Gasteiger partial charge is 0.337 e. The van der Waals surface area contributed by atoms with Crippen LogP contribution < -0.4 is 34.0 Å². The molecule has 0 saturated heterocycles. The molecular weight excluding hydrogens is 673 g/mol. The first-order valence-electron chi connectivity index (χ1n) is 15.7. The molecular formula is C36H37Cl2N3O6S. The summed E-state index contributed by atoms with van der Waals surface area (Å²) >= 11 is 13.8. The first-order chi connectivity index (χ1) is 23.2. The van der Waals surface area contributed by atoms with E-state index >= 15 is 0 Å². The Labute approximate surface area is 293 Å². The third-order valence-corrected chi connectivity index (χ3v) is 9.40. The Hall–Kier alpha value is -4.25. The molecule has 1 aromatic heterocycles. The highest BCUT2D eigenvalue weighted by molar-refractivity contribution is 7.07. The Morgan fingerprint density at radius 3 is 2.38 bits per heavy atom. The van der Waals surface area contributed by atoms with Crippen LogP contribution in [0.1, 0.15) is 50.4 Å². The molecule has 0 bridgehead atoms. The van der Waals surface area contributed by atoms with Crippen molar-refractivity contribution in [2.45, 2.75) is 40.3 Å². The van der Waals surface area contributed by atoms with E-state index in [0.29, 0.717) is 61.0 Å². The van der Waals surface area contributed by atoms with E-state index < -0.39 is 12.0 Å². The van der Waals surface area contributed by atoms with Gasteiger partial charge in [0.1, 0.15) is 12.4 Å². The van der Waals surface area contributed by atoms with Gasteiger partial charge >= 0.3 is 5.97 Å². The number of methoxy groups -OCH3 is 1. The highest BCUT2D eigenvalue weighted by Crippen LogP contribution is 2.35. The number of anilines is 1. The van der Waals surface area contributed by atoms with Crippen LogP contribution in [0.25, 0.3) is 6.08 Å². The van der Waals surface area contributed by atoms with Crippen molar-refractivity contribution in [2.75, 3.05) is 38.3 Å². The Bertz CT molecular complexity index is 2020. The number of halogens is 2. The predicted molar refractivity (Wildman–Crippen MR) is 191 cm³/mol. The number of carbonyl (C=O) groups is 1. The van der Waals surface area contributed by atoms with Crippen molar-refractivity contribution < 1.29 is 23.7 Å². The van der Waals surface area contributed by atoms with Crippen LogP contribution in [0, 0.1) is 0 Å². The second-order valence-corrected chi connectivity index (χ2v) is 12.5. The summed E-state index contributed by atoms with van der Waals surface area (Å²) in [6.45, 7) is 10.6. The molecule has 1 aliphatic heterocycles. The molecule has 0 aliphatic carbocycles. The summed E-state index contributed by atoms with van der Waals surface area (Å²) in [5.41, 5.74) is 3.01. The molecule has 0 amide bonds. The maximum atomic E-state index is 14.2. The Morgan fingerprint density at radius 2 is 1.69 bits per heavy atom. The van der Waals surface area contributed by atoms with Crippen LogP contribution in [-0.4, -0.2) is 43.9 Å². The molecule has 0 fully saturated rings. The molecule has 3 aromatic carbocycles. The highest BCUT2D eigenvalue weighted by atomic mass is 35.5. The van der Waals surface area contributed by atoms with Gasteiger partial charge in [0.25, 0.3) is 5.56 Å². The van der Waals surface area contributed by atoms with E-state index in [4.69, 9.17) is 42.1 Å². The number of thiazole rings is 1. The average molecular weight is 711 g/mol. The number of hydrogen-bond acceptors (Lipinski definition) is 9. The van der Waals surface area contributed by atoms with Crippen LogP contribution in [0.5, 0.6) is 17.2 Å². The fraction of sp³-hybridized carbons (Fsp3) is 0.306. The molecule has 0 N–H and O–H groups in total. The van der Waals surface area contributed by atoms with Crippen LogP contribution in [0.2, 0.25) is 10.0 Å². The Balaban J connectivity index is 1.63. The van der Waals surface area contributed by atoms with Gasteiger partial charge in [-0.3, -0.25) is 9.36 Å². The first-order valence-corrected chi connectivity index (χ1v) is 17.2. The largest absolute Gasteiger partial charge is 0.490 e. The monoisotopic (exact) mass is 709 g/mol. The molecule has 48 heavy (non-hydrogen) atoms. The normalized spacial score (nSPS) is 14.1. The van der Waals surface area contributed by atoms with E-state index in [0.717, 1.165) is 24.3 Å². The van der Waals surface area contributed by atoms with Crippen LogP contribution >= 0.6 is 34.5 Å². The van der Waals surface area contributed by atoms with E-state index in [-0.39, 0.29) is 17.7 Å². The molecule has 0 spiro atoms. The lowest BCUT2D eigenvalue weighted by atomic mass is 9.97. The van der Waals surface area contributed by atoms with E-state index in [9.17, 15) is 9.59 Å². The predicted octanol–water partition coefficient (Wildman–Crippen LogP) is 6.55. The number of benzene rings is 3. The number of rotatable bonds is 13. The minimum Gasteiger partial charge on any atom is -0.490 e. The third-order valence-electron chi connectivity index (χ3n) is 7.82. The Kier molecular flexibility index (Phi) is 11.5. The lowest BCUT2D eigenvalue weighted by Gasteiger charge is -2.23. The molecule has 0 unspecified atom stereocenters. The summed E-state index contributed by atoms with van der Waals surface area (Å²) in [4.78, 5) is 34.4. The van der Waals surface area contributed by atoms with Gasteiger partial charge in [0, 0.05) is 52.2 Å². The summed E-state index contributed by atoms with van der Waals surface area (Å²) in [6, 6.07) is 15.8. The molecule has 4 aromatic rings. The first kappa shape index (κ1) is 35.1. The van der Waals surface area contributed by atoms with Crippen LogP contribution in [-0.2, 0) is 16.1 Å². The molecule has 0 saturated carbocycles. The van der Waals surface area contributed by atoms with Gasteiger partial charge < -0.3 is 23.8 Å². The summed E-state index contributed by atoms with van der Waals surface area (Å²) in [6.07, 6.45) is 3.25. The zero-order valence-electron chi connectivity index (χ0n) is 27.4. The second-order valence-electron chi connectivity index (χ2n) is 10.7. The lowest BCUT2D eigenvalue weighted by Crippen LogP contribution is -2.39. The molecule has 1 aliphatic rings. The lowest BCUT2D eigenvalue weighted by molar-refractivity contribution is -0.136. The van der Waals surface area contributed by atoms with Gasteiger partial charge in [-0.25, -0.2) is 9.79 Å². The molecule has 0 radical (unpaired) electrons. The molecule has 5 rings (SSSR count). The van der Waals surface area contributed by atoms with Gasteiger partial charge in [0.05, 0.1) is 36.5 Å². The summed E-state index contributed by atoms with van der Waals surface area (Å²) in [7, 11) is 1.30. The maximum Gasteiger partial charge on any atom is 0.337 e. The van der Waals surface area contributed by atoms with Crippen LogP contribution in [0.3, 0.4) is 0 Å². The second kappa shape index (κ2) is 15.8. The standard InChI is InChI=1S/C36H37Cl2N3O6S/c1-6-40(7-2)26-14-11-22(30(19-26)47-21-24-10-13-25(37)18-28(24)38)17-32-34(42)41-33(27(35(43)44-5)20-39-36(41)48-32)23-12-15-29(45-8-3)31(16-23)46-9-4/h10-20,33H,6-9,21H2,1-5H3/b32-17+/t33-/m0/s1. The Morgan fingerprint density at radius 1 is 0.938 bits per heavy atom. The van der Waals surface area contributed by atoms with E-state index in [1.54, 1.807) is 30.3 Å². The van der Waals surface area contributed by atoms with Gasteiger partial charge in [0.2, 0.25) is 0 Å². The molecule has 1 atom stereocenters. The quantitative estimate of drug-likeness (QED) is 0.146. The zero-order chi connectivity index (χ0) is 34.4. The van der Waals surface area contributed by atoms with E-state index in [2.05, 4.69) is 23.7 Å². The van der Waals surface area contributed by atoms with Gasteiger partial charge in [-0.2, -0.15) is 0 Å². The van der Waals surface area contributed by atoms with Crippen LogP contribution in [0.15, 0.2) is 76.2 Å². The highest BCUT2D eigenvalue weighted by Gasteiger charge is 2.31. The van der Waals surface area contributed by atoms with Gasteiger partial charge in [0.15, 0.2) is 16.3 Å². The fourth-order valence-corrected chi connectivity index (χ4v) is 6.90. The third kappa shape index (κ3) is 7.41. The number of nitrogens with zero attached hydrogens (tertiary/aromatic N) is 3. The molecule has 12 heteroatoms. The maximum absolute atomic E-state index is 14.2. The molecule has 2 heterocycles. The van der Waals surface area contributed by atoms with Crippen molar-refractivity contribution in [1.82, 2.24) is 4.57 Å². The van der Waals surface area contributed by atoms with E-state index in [1.165, 1.54) is 29.2 Å². The average Bonchev–Trinajstić information content (AvgIpc) is 3.40.